The second kappa shape index (κ2) is 7.13. The molecule has 3 aromatic heterocycles. The Labute approximate surface area is 164 Å². The predicted octanol–water partition coefficient (Wildman–Crippen LogP) is 3.75. The van der Waals surface area contributed by atoms with Crippen LogP contribution in [-0.4, -0.2) is 45.1 Å². The summed E-state index contributed by atoms with van der Waals surface area (Å²) in [6.45, 7) is 7.78. The van der Waals surface area contributed by atoms with Crippen LogP contribution in [0, 0.1) is 0 Å². The molecule has 0 aromatic carbocycles. The Morgan fingerprint density at radius 1 is 1.36 bits per heavy atom. The number of aromatic nitrogens is 4. The summed E-state index contributed by atoms with van der Waals surface area (Å²) in [4.78, 5) is 9.27. The van der Waals surface area contributed by atoms with Gasteiger partial charge < -0.3 is 10.6 Å². The number of hydrogen-bond donors (Lipinski definition) is 2. The van der Waals surface area contributed by atoms with Crippen LogP contribution in [0.2, 0.25) is 0 Å². The van der Waals surface area contributed by atoms with E-state index in [0.29, 0.717) is 18.8 Å². The molecule has 3 aromatic rings. The summed E-state index contributed by atoms with van der Waals surface area (Å²) in [5, 5.41) is 11.8. The molecule has 1 aliphatic rings. The van der Waals surface area contributed by atoms with E-state index in [1.165, 1.54) is 0 Å². The van der Waals surface area contributed by atoms with Gasteiger partial charge in [-0.3, -0.25) is 9.67 Å². The van der Waals surface area contributed by atoms with Gasteiger partial charge in [0.15, 0.2) is 0 Å². The number of alkyl halides is 1. The number of hydrogen-bond acceptors (Lipinski definition) is 5. The zero-order valence-corrected chi connectivity index (χ0v) is 16.7. The van der Waals surface area contributed by atoms with Crippen molar-refractivity contribution in [2.24, 2.45) is 0 Å². The Morgan fingerprint density at radius 3 is 2.93 bits per heavy atom. The van der Waals surface area contributed by atoms with Crippen LogP contribution in [0.15, 0.2) is 36.8 Å². The van der Waals surface area contributed by atoms with E-state index in [4.69, 9.17) is 4.98 Å². The third-order valence-corrected chi connectivity index (χ3v) is 5.16. The molecule has 1 aliphatic heterocycles. The second-order valence-corrected chi connectivity index (χ2v) is 8.56. The van der Waals surface area contributed by atoms with Gasteiger partial charge in [-0.2, -0.15) is 5.10 Å². The zero-order valence-electron chi connectivity index (χ0n) is 16.7. The number of pyridine rings is 2. The van der Waals surface area contributed by atoms with Gasteiger partial charge in [0.1, 0.15) is 11.5 Å². The van der Waals surface area contributed by atoms with Gasteiger partial charge in [0.2, 0.25) is 0 Å². The number of nitrogens with zero attached hydrogens (tertiary/aromatic N) is 4. The summed E-state index contributed by atoms with van der Waals surface area (Å²) in [5.41, 5.74) is 1.15. The smallest absolute Gasteiger partial charge is 0.140 e. The summed E-state index contributed by atoms with van der Waals surface area (Å²) in [5.74, 6) is 0.659. The van der Waals surface area contributed by atoms with E-state index in [9.17, 15) is 0 Å². The van der Waals surface area contributed by atoms with Crippen LogP contribution in [0.5, 0.6) is 0 Å². The standard InChI is InChI=1S/C21H27FN6/c1-20(2,3)28-12-15(11-26-28)17-10-18-16(6-4-9-24-18)19(27-17)25-14-21(22)7-5-8-23-13-21/h4,6,9-12,23H,5,7-8,13-14H2,1-3H3,(H,25,27). The van der Waals surface area contributed by atoms with Crippen molar-refractivity contribution < 1.29 is 4.39 Å². The summed E-state index contributed by atoms with van der Waals surface area (Å²) >= 11 is 0. The molecule has 7 heteroatoms. The van der Waals surface area contributed by atoms with Gasteiger partial charge in [0, 0.05) is 29.9 Å². The van der Waals surface area contributed by atoms with Gasteiger partial charge in [-0.1, -0.05) is 0 Å². The van der Waals surface area contributed by atoms with E-state index in [-0.39, 0.29) is 12.1 Å². The van der Waals surface area contributed by atoms with Gasteiger partial charge in [0.05, 0.1) is 29.5 Å². The summed E-state index contributed by atoms with van der Waals surface area (Å²) < 4.78 is 17.0. The lowest BCUT2D eigenvalue weighted by molar-refractivity contribution is 0.137. The molecule has 1 atom stereocenters. The minimum atomic E-state index is -1.26. The molecule has 1 fully saturated rings. The largest absolute Gasteiger partial charge is 0.366 e. The van der Waals surface area contributed by atoms with Crippen LogP contribution in [0.3, 0.4) is 0 Å². The first kappa shape index (κ1) is 18.8. The average Bonchev–Trinajstić information content (AvgIpc) is 3.17. The molecule has 148 valence electrons. The maximum Gasteiger partial charge on any atom is 0.140 e. The molecule has 4 heterocycles. The third kappa shape index (κ3) is 3.85. The maximum atomic E-state index is 15.0. The fraction of sp³-hybridized carbons (Fsp3) is 0.476. The first-order valence-electron chi connectivity index (χ1n) is 9.79. The minimum Gasteiger partial charge on any atom is -0.366 e. The third-order valence-electron chi connectivity index (χ3n) is 5.16. The molecule has 0 aliphatic carbocycles. The predicted molar refractivity (Wildman–Crippen MR) is 110 cm³/mol. The number of piperidine rings is 1. The molecule has 0 radical (unpaired) electrons. The Kier molecular flexibility index (Phi) is 4.79. The molecule has 0 bridgehead atoms. The van der Waals surface area contributed by atoms with Gasteiger partial charge >= 0.3 is 0 Å². The van der Waals surface area contributed by atoms with Crippen LogP contribution in [0.25, 0.3) is 22.2 Å². The molecular weight excluding hydrogens is 355 g/mol. The van der Waals surface area contributed by atoms with Gasteiger partial charge in [0.25, 0.3) is 0 Å². The maximum absolute atomic E-state index is 15.0. The molecule has 28 heavy (non-hydrogen) atoms. The molecule has 0 amide bonds. The topological polar surface area (TPSA) is 67.7 Å². The number of nitrogens with one attached hydrogen (secondary N) is 2. The molecular formula is C21H27FN6. The highest BCUT2D eigenvalue weighted by atomic mass is 19.1. The summed E-state index contributed by atoms with van der Waals surface area (Å²) in [7, 11) is 0. The van der Waals surface area contributed by atoms with Gasteiger partial charge in [-0.15, -0.1) is 0 Å². The van der Waals surface area contributed by atoms with E-state index in [0.717, 1.165) is 35.1 Å². The molecule has 6 nitrogen and oxygen atoms in total. The SMILES string of the molecule is CC(C)(C)n1cc(-c2cc3ncccc3c(NCC3(F)CCCNC3)n2)cn1. The Balaban J connectivity index is 1.68. The molecule has 2 N–H and O–H groups in total. The van der Waals surface area contributed by atoms with E-state index in [1.807, 2.05) is 35.3 Å². The van der Waals surface area contributed by atoms with Crippen molar-refractivity contribution in [1.82, 2.24) is 25.1 Å². The first-order chi connectivity index (χ1) is 13.3. The summed E-state index contributed by atoms with van der Waals surface area (Å²) in [6, 6.07) is 5.79. The highest BCUT2D eigenvalue weighted by Gasteiger charge is 2.31. The van der Waals surface area contributed by atoms with Gasteiger partial charge in [-0.25, -0.2) is 9.37 Å². The fourth-order valence-electron chi connectivity index (χ4n) is 3.50. The van der Waals surface area contributed by atoms with Crippen molar-refractivity contribution in [3.05, 3.63) is 36.8 Å². The first-order valence-corrected chi connectivity index (χ1v) is 9.79. The van der Waals surface area contributed by atoms with Crippen molar-refractivity contribution in [2.75, 3.05) is 25.0 Å². The van der Waals surface area contributed by atoms with Crippen LogP contribution in [0.4, 0.5) is 10.2 Å². The number of halogens is 1. The Hall–Kier alpha value is -2.54. The highest BCUT2D eigenvalue weighted by Crippen LogP contribution is 2.29. The van der Waals surface area contributed by atoms with E-state index in [1.54, 1.807) is 6.20 Å². The van der Waals surface area contributed by atoms with Gasteiger partial charge in [-0.05, 0) is 58.4 Å². The minimum absolute atomic E-state index is 0.108. The lowest BCUT2D eigenvalue weighted by Crippen LogP contribution is -2.46. The number of rotatable bonds is 4. The van der Waals surface area contributed by atoms with Crippen LogP contribution < -0.4 is 10.6 Å². The van der Waals surface area contributed by atoms with Crippen LogP contribution >= 0.6 is 0 Å². The lowest BCUT2D eigenvalue weighted by Gasteiger charge is -2.30. The average molecular weight is 382 g/mol. The van der Waals surface area contributed by atoms with Crippen LogP contribution in [0.1, 0.15) is 33.6 Å². The Bertz CT molecular complexity index is 968. The Morgan fingerprint density at radius 2 is 2.21 bits per heavy atom. The van der Waals surface area contributed by atoms with Crippen molar-refractivity contribution in [1.29, 1.82) is 0 Å². The molecule has 0 saturated carbocycles. The van der Waals surface area contributed by atoms with E-state index < -0.39 is 5.67 Å². The van der Waals surface area contributed by atoms with E-state index in [2.05, 4.69) is 41.5 Å². The molecule has 0 spiro atoms. The number of fused-ring (bicyclic) bond motifs is 1. The quantitative estimate of drug-likeness (QED) is 0.719. The normalized spacial score (nSPS) is 20.4. The number of anilines is 1. The monoisotopic (exact) mass is 382 g/mol. The van der Waals surface area contributed by atoms with Crippen LogP contribution in [-0.2, 0) is 5.54 Å². The molecule has 1 unspecified atom stereocenters. The van der Waals surface area contributed by atoms with Crippen molar-refractivity contribution >= 4 is 16.7 Å². The lowest BCUT2D eigenvalue weighted by atomic mass is 9.96. The molecule has 1 saturated heterocycles. The fourth-order valence-corrected chi connectivity index (χ4v) is 3.50. The summed E-state index contributed by atoms with van der Waals surface area (Å²) in [6.07, 6.45) is 6.97. The van der Waals surface area contributed by atoms with Crippen molar-refractivity contribution in [2.45, 2.75) is 44.8 Å². The highest BCUT2D eigenvalue weighted by molar-refractivity contribution is 5.91. The second-order valence-electron chi connectivity index (χ2n) is 8.56. The molecule has 4 rings (SSSR count). The zero-order chi connectivity index (χ0) is 19.8. The van der Waals surface area contributed by atoms with E-state index >= 15 is 4.39 Å². The van der Waals surface area contributed by atoms with Crippen molar-refractivity contribution in [3.8, 4) is 11.3 Å². The van der Waals surface area contributed by atoms with Crippen molar-refractivity contribution in [3.63, 3.8) is 0 Å².